The van der Waals surface area contributed by atoms with Gasteiger partial charge in [-0.2, -0.15) is 5.10 Å². The summed E-state index contributed by atoms with van der Waals surface area (Å²) in [4.78, 5) is 14.8. The van der Waals surface area contributed by atoms with E-state index >= 15 is 0 Å². The number of guanidine groups is 1. The van der Waals surface area contributed by atoms with Crippen molar-refractivity contribution in [3.63, 3.8) is 0 Å². The van der Waals surface area contributed by atoms with Gasteiger partial charge in [-0.1, -0.05) is 12.1 Å². The van der Waals surface area contributed by atoms with Crippen LogP contribution >= 0.6 is 24.0 Å². The van der Waals surface area contributed by atoms with Crippen molar-refractivity contribution in [1.82, 2.24) is 30.0 Å². The molecule has 1 aliphatic rings. The second kappa shape index (κ2) is 8.73. The minimum Gasteiger partial charge on any atom is -0.356 e. The molecule has 1 atom stereocenters. The highest BCUT2D eigenvalue weighted by Gasteiger charge is 2.26. The molecule has 3 heterocycles. The van der Waals surface area contributed by atoms with Crippen LogP contribution in [0.5, 0.6) is 0 Å². The third-order valence-electron chi connectivity index (χ3n) is 4.98. The lowest BCUT2D eigenvalue weighted by atomic mass is 10.0. The van der Waals surface area contributed by atoms with Crippen LogP contribution in [0.25, 0.3) is 11.0 Å². The molecule has 0 radical (unpaired) electrons. The van der Waals surface area contributed by atoms with E-state index in [4.69, 9.17) is 0 Å². The number of aromatic nitrogens is 4. The molecular weight excluding hydrogens is 453 g/mol. The van der Waals surface area contributed by atoms with Crippen LogP contribution in [-0.2, 0) is 13.5 Å². The molecule has 144 valence electrons. The molecule has 7 nitrogen and oxygen atoms in total. The highest BCUT2D eigenvalue weighted by molar-refractivity contribution is 14.0. The zero-order valence-corrected chi connectivity index (χ0v) is 18.1. The number of hydrogen-bond acceptors (Lipinski definition) is 3. The molecule has 4 rings (SSSR count). The number of H-pyrrole nitrogens is 1. The molecule has 1 unspecified atom stereocenters. The standard InChI is InChI=1S/C19H25N7.HI/c1-20-19(26-10-8-14(13-26)15-11-22-25(2)12-15)21-9-7-18-23-16-5-3-4-6-17(16)24-18;/h3-6,11-12,14H,7-10,13H2,1-2H3,(H,20,21)(H,23,24);1H. The summed E-state index contributed by atoms with van der Waals surface area (Å²) in [5.41, 5.74) is 3.42. The van der Waals surface area contributed by atoms with Crippen LogP contribution in [0.3, 0.4) is 0 Å². The third kappa shape index (κ3) is 4.42. The molecule has 8 heteroatoms. The maximum Gasteiger partial charge on any atom is 0.193 e. The van der Waals surface area contributed by atoms with E-state index in [1.54, 1.807) is 0 Å². The highest BCUT2D eigenvalue weighted by atomic mass is 127. The van der Waals surface area contributed by atoms with Gasteiger partial charge >= 0.3 is 0 Å². The highest BCUT2D eigenvalue weighted by Crippen LogP contribution is 2.26. The number of nitrogens with one attached hydrogen (secondary N) is 2. The number of hydrogen-bond donors (Lipinski definition) is 2. The Morgan fingerprint density at radius 2 is 2.22 bits per heavy atom. The van der Waals surface area contributed by atoms with Gasteiger partial charge < -0.3 is 15.2 Å². The predicted octanol–water partition coefficient (Wildman–Crippen LogP) is 2.52. The van der Waals surface area contributed by atoms with E-state index in [0.717, 1.165) is 55.3 Å². The maximum absolute atomic E-state index is 4.63. The molecule has 1 aliphatic heterocycles. The molecule has 3 aromatic rings. The molecule has 0 amide bonds. The summed E-state index contributed by atoms with van der Waals surface area (Å²) in [6, 6.07) is 8.13. The van der Waals surface area contributed by atoms with Gasteiger partial charge in [-0.05, 0) is 24.1 Å². The van der Waals surface area contributed by atoms with E-state index in [2.05, 4.69) is 42.5 Å². The Balaban J connectivity index is 0.00000210. The second-order valence-electron chi connectivity index (χ2n) is 6.80. The average molecular weight is 479 g/mol. The predicted molar refractivity (Wildman–Crippen MR) is 119 cm³/mol. The van der Waals surface area contributed by atoms with Gasteiger partial charge in [0.2, 0.25) is 0 Å². The van der Waals surface area contributed by atoms with E-state index in [1.807, 2.05) is 43.2 Å². The van der Waals surface area contributed by atoms with Gasteiger partial charge in [0.1, 0.15) is 5.82 Å². The lowest BCUT2D eigenvalue weighted by Crippen LogP contribution is -2.40. The first-order valence-corrected chi connectivity index (χ1v) is 9.10. The van der Waals surface area contributed by atoms with Gasteiger partial charge in [-0.25, -0.2) is 4.98 Å². The molecule has 1 fully saturated rings. The van der Waals surface area contributed by atoms with E-state index in [9.17, 15) is 0 Å². The van der Waals surface area contributed by atoms with Crippen molar-refractivity contribution < 1.29 is 0 Å². The SMILES string of the molecule is CN=C(NCCc1nc2ccccc2[nH]1)N1CCC(c2cnn(C)c2)C1.I. The number of nitrogens with zero attached hydrogens (tertiary/aromatic N) is 5. The monoisotopic (exact) mass is 479 g/mol. The van der Waals surface area contributed by atoms with Gasteiger partial charge in [-0.15, -0.1) is 24.0 Å². The summed E-state index contributed by atoms with van der Waals surface area (Å²) < 4.78 is 1.87. The third-order valence-corrected chi connectivity index (χ3v) is 4.98. The van der Waals surface area contributed by atoms with E-state index in [1.165, 1.54) is 5.56 Å². The number of likely N-dealkylation sites (tertiary alicyclic amines) is 1. The Morgan fingerprint density at radius 1 is 1.37 bits per heavy atom. The Labute approximate surface area is 176 Å². The summed E-state index contributed by atoms with van der Waals surface area (Å²) in [6.07, 6.45) is 6.07. The first kappa shape index (κ1) is 19.7. The number of halogens is 1. The van der Waals surface area contributed by atoms with Crippen LogP contribution in [-0.4, -0.2) is 57.3 Å². The van der Waals surface area contributed by atoms with Crippen molar-refractivity contribution in [2.75, 3.05) is 26.7 Å². The number of para-hydroxylation sites is 2. The molecule has 0 spiro atoms. The minimum atomic E-state index is 0. The molecule has 1 aromatic carbocycles. The summed E-state index contributed by atoms with van der Waals surface area (Å²) in [5.74, 6) is 2.49. The molecule has 2 aromatic heterocycles. The zero-order chi connectivity index (χ0) is 17.9. The Kier molecular flexibility index (Phi) is 6.35. The first-order valence-electron chi connectivity index (χ1n) is 9.10. The number of benzene rings is 1. The Morgan fingerprint density at radius 3 is 2.96 bits per heavy atom. The zero-order valence-electron chi connectivity index (χ0n) is 15.7. The number of aromatic amines is 1. The maximum atomic E-state index is 4.63. The number of rotatable bonds is 4. The lowest BCUT2D eigenvalue weighted by molar-refractivity contribution is 0.486. The van der Waals surface area contributed by atoms with Gasteiger partial charge in [0, 0.05) is 52.3 Å². The Bertz CT molecular complexity index is 881. The van der Waals surface area contributed by atoms with Crippen LogP contribution < -0.4 is 5.32 Å². The average Bonchev–Trinajstić information content (AvgIpc) is 3.37. The minimum absolute atomic E-state index is 0. The van der Waals surface area contributed by atoms with Crippen LogP contribution in [0.1, 0.15) is 23.7 Å². The molecule has 0 saturated carbocycles. The van der Waals surface area contributed by atoms with Gasteiger partial charge in [-0.3, -0.25) is 9.67 Å². The molecule has 1 saturated heterocycles. The smallest absolute Gasteiger partial charge is 0.193 e. The van der Waals surface area contributed by atoms with Crippen LogP contribution in [0.2, 0.25) is 0 Å². The molecule has 27 heavy (non-hydrogen) atoms. The van der Waals surface area contributed by atoms with Gasteiger partial charge in [0.25, 0.3) is 0 Å². The fourth-order valence-corrected chi connectivity index (χ4v) is 3.62. The van der Waals surface area contributed by atoms with E-state index in [-0.39, 0.29) is 24.0 Å². The largest absolute Gasteiger partial charge is 0.356 e. The lowest BCUT2D eigenvalue weighted by Gasteiger charge is -2.21. The van der Waals surface area contributed by atoms with Crippen LogP contribution in [0.4, 0.5) is 0 Å². The van der Waals surface area contributed by atoms with Crippen molar-refractivity contribution in [1.29, 1.82) is 0 Å². The van der Waals surface area contributed by atoms with Crippen molar-refractivity contribution >= 4 is 41.0 Å². The van der Waals surface area contributed by atoms with Gasteiger partial charge in [0.15, 0.2) is 5.96 Å². The fraction of sp³-hybridized carbons (Fsp3) is 0.421. The molecule has 2 N–H and O–H groups in total. The summed E-state index contributed by atoms with van der Waals surface area (Å²) >= 11 is 0. The topological polar surface area (TPSA) is 74.1 Å². The van der Waals surface area contributed by atoms with Crippen LogP contribution in [0, 0.1) is 0 Å². The summed E-state index contributed by atoms with van der Waals surface area (Å²) in [7, 11) is 3.82. The summed E-state index contributed by atoms with van der Waals surface area (Å²) in [6.45, 7) is 2.81. The summed E-state index contributed by atoms with van der Waals surface area (Å²) in [5, 5.41) is 7.77. The number of aryl methyl sites for hydroxylation is 1. The number of fused-ring (bicyclic) bond motifs is 1. The van der Waals surface area contributed by atoms with E-state index < -0.39 is 0 Å². The van der Waals surface area contributed by atoms with E-state index in [0.29, 0.717) is 5.92 Å². The first-order chi connectivity index (χ1) is 12.7. The van der Waals surface area contributed by atoms with Crippen molar-refractivity contribution in [2.24, 2.45) is 12.0 Å². The van der Waals surface area contributed by atoms with Crippen molar-refractivity contribution in [2.45, 2.75) is 18.8 Å². The fourth-order valence-electron chi connectivity index (χ4n) is 3.62. The normalized spacial score (nSPS) is 17.3. The van der Waals surface area contributed by atoms with Crippen molar-refractivity contribution in [3.05, 3.63) is 48.0 Å². The van der Waals surface area contributed by atoms with Crippen molar-refractivity contribution in [3.8, 4) is 0 Å². The van der Waals surface area contributed by atoms with Crippen LogP contribution in [0.15, 0.2) is 41.7 Å². The molecule has 0 bridgehead atoms. The second-order valence-corrected chi connectivity index (χ2v) is 6.80. The van der Waals surface area contributed by atoms with Gasteiger partial charge in [0.05, 0.1) is 17.2 Å². The number of aliphatic imine (C=N–C) groups is 1. The molecule has 0 aliphatic carbocycles. The Hall–Kier alpha value is -2.10. The quantitative estimate of drug-likeness (QED) is 0.343. The number of imidazole rings is 1. The molecular formula is C19H26IN7.